The van der Waals surface area contributed by atoms with Crippen molar-refractivity contribution in [2.24, 2.45) is 11.3 Å². The fraction of sp³-hybridized carbons (Fsp3) is 0.579. The number of aliphatic hydroxyl groups excluding tert-OH is 1. The molecule has 130 valence electrons. The van der Waals surface area contributed by atoms with Crippen molar-refractivity contribution < 1.29 is 14.7 Å². The molecule has 1 saturated heterocycles. The Morgan fingerprint density at radius 3 is 2.54 bits per heavy atom. The molecule has 0 aromatic heterocycles. The number of nitrogens with zero attached hydrogens (tertiary/aromatic N) is 1. The summed E-state index contributed by atoms with van der Waals surface area (Å²) >= 11 is 0. The van der Waals surface area contributed by atoms with E-state index >= 15 is 0 Å². The van der Waals surface area contributed by atoms with Crippen molar-refractivity contribution in [2.75, 3.05) is 6.54 Å². The van der Waals surface area contributed by atoms with Gasteiger partial charge < -0.3 is 10.4 Å². The van der Waals surface area contributed by atoms with Crippen LogP contribution in [0.2, 0.25) is 0 Å². The summed E-state index contributed by atoms with van der Waals surface area (Å²) in [6.07, 6.45) is 1.49. The summed E-state index contributed by atoms with van der Waals surface area (Å²) in [5.74, 6) is 0.180. The van der Waals surface area contributed by atoms with E-state index in [9.17, 15) is 14.7 Å². The van der Waals surface area contributed by atoms with Crippen LogP contribution < -0.4 is 5.32 Å². The van der Waals surface area contributed by atoms with Gasteiger partial charge in [0.15, 0.2) is 0 Å². The van der Waals surface area contributed by atoms with E-state index < -0.39 is 11.6 Å². The number of nitrogens with one attached hydrogen (secondary N) is 1. The Kier molecular flexibility index (Phi) is 4.16. The first-order valence-corrected chi connectivity index (χ1v) is 8.60. The molecule has 5 nitrogen and oxygen atoms in total. The smallest absolute Gasteiger partial charge is 0.325 e. The maximum Gasteiger partial charge on any atom is 0.325 e. The van der Waals surface area contributed by atoms with Gasteiger partial charge in [-0.05, 0) is 36.2 Å². The number of hydrogen-bond donors (Lipinski definition) is 2. The number of rotatable bonds is 3. The van der Waals surface area contributed by atoms with Crippen molar-refractivity contribution in [1.29, 1.82) is 0 Å². The van der Waals surface area contributed by atoms with Crippen LogP contribution in [0.1, 0.15) is 51.7 Å². The zero-order valence-corrected chi connectivity index (χ0v) is 14.6. The quantitative estimate of drug-likeness (QED) is 0.837. The monoisotopic (exact) mass is 330 g/mol. The summed E-state index contributed by atoms with van der Waals surface area (Å²) in [7, 11) is 0. The van der Waals surface area contributed by atoms with Gasteiger partial charge in [0.25, 0.3) is 5.91 Å². The molecule has 1 spiro atoms. The van der Waals surface area contributed by atoms with Gasteiger partial charge in [-0.1, -0.05) is 51.1 Å². The minimum absolute atomic E-state index is 0.00859. The molecule has 0 bridgehead atoms. The second-order valence-corrected chi connectivity index (χ2v) is 8.21. The number of carbonyl (C=O) groups excluding carboxylic acids is 2. The second-order valence-electron chi connectivity index (χ2n) is 8.21. The number of benzene rings is 1. The van der Waals surface area contributed by atoms with E-state index in [1.54, 1.807) is 12.1 Å². The molecule has 24 heavy (non-hydrogen) atoms. The first kappa shape index (κ1) is 17.0. The van der Waals surface area contributed by atoms with E-state index in [1.165, 1.54) is 4.90 Å². The lowest BCUT2D eigenvalue weighted by atomic mass is 9.64. The lowest BCUT2D eigenvalue weighted by Gasteiger charge is -2.43. The third kappa shape index (κ3) is 3.05. The van der Waals surface area contributed by atoms with Crippen LogP contribution in [0, 0.1) is 11.3 Å². The molecular weight excluding hydrogens is 304 g/mol. The maximum absolute atomic E-state index is 13.0. The van der Waals surface area contributed by atoms with Gasteiger partial charge in [-0.2, -0.15) is 0 Å². The summed E-state index contributed by atoms with van der Waals surface area (Å²) in [5.41, 5.74) is -0.0973. The van der Waals surface area contributed by atoms with Crippen LogP contribution in [-0.2, 0) is 4.79 Å². The third-order valence-electron chi connectivity index (χ3n) is 5.16. The van der Waals surface area contributed by atoms with Crippen LogP contribution >= 0.6 is 0 Å². The average Bonchev–Trinajstić information content (AvgIpc) is 2.69. The molecule has 1 heterocycles. The number of carbonyl (C=O) groups is 2. The molecule has 2 N–H and O–H groups in total. The maximum atomic E-state index is 13.0. The molecule has 1 aliphatic carbocycles. The van der Waals surface area contributed by atoms with E-state index in [-0.39, 0.29) is 23.9 Å². The first-order chi connectivity index (χ1) is 11.2. The highest BCUT2D eigenvalue weighted by atomic mass is 16.3. The van der Waals surface area contributed by atoms with Crippen LogP contribution in [-0.4, -0.2) is 34.0 Å². The third-order valence-corrected chi connectivity index (χ3v) is 5.16. The molecule has 3 amide bonds. The van der Waals surface area contributed by atoms with Crippen molar-refractivity contribution in [1.82, 2.24) is 10.2 Å². The molecule has 5 heteroatoms. The molecular formula is C19H26N2O3. The molecule has 1 aromatic carbocycles. The molecule has 1 aromatic rings. The average molecular weight is 330 g/mol. The van der Waals surface area contributed by atoms with Crippen molar-refractivity contribution in [3.8, 4) is 0 Å². The van der Waals surface area contributed by atoms with E-state index in [4.69, 9.17) is 0 Å². The zero-order chi connectivity index (χ0) is 17.5. The summed E-state index contributed by atoms with van der Waals surface area (Å²) in [5, 5.41) is 13.3. The molecule has 1 aliphatic heterocycles. The number of amides is 3. The van der Waals surface area contributed by atoms with Gasteiger partial charge in [0.1, 0.15) is 5.54 Å². The van der Waals surface area contributed by atoms with Crippen LogP contribution in [0.3, 0.4) is 0 Å². The van der Waals surface area contributed by atoms with E-state index in [0.717, 1.165) is 6.42 Å². The number of hydrogen-bond acceptors (Lipinski definition) is 3. The normalized spacial score (nSPS) is 30.5. The largest absolute Gasteiger partial charge is 0.387 e. The van der Waals surface area contributed by atoms with Crippen LogP contribution in [0.15, 0.2) is 30.3 Å². The Labute approximate surface area is 143 Å². The highest BCUT2D eigenvalue weighted by Gasteiger charge is 2.56. The Morgan fingerprint density at radius 2 is 1.92 bits per heavy atom. The topological polar surface area (TPSA) is 69.6 Å². The zero-order valence-electron chi connectivity index (χ0n) is 14.6. The Hall–Kier alpha value is -1.88. The summed E-state index contributed by atoms with van der Waals surface area (Å²) in [6, 6.07) is 8.73. The molecule has 0 radical (unpaired) electrons. The van der Waals surface area contributed by atoms with Crippen molar-refractivity contribution >= 4 is 11.9 Å². The molecule has 3 rings (SSSR count). The fourth-order valence-corrected chi connectivity index (χ4v) is 4.63. The van der Waals surface area contributed by atoms with Crippen LogP contribution in [0.25, 0.3) is 0 Å². The molecule has 3 atom stereocenters. The lowest BCUT2D eigenvalue weighted by molar-refractivity contribution is -0.135. The number of aliphatic hydroxyl groups is 1. The predicted octanol–water partition coefficient (Wildman–Crippen LogP) is 2.86. The van der Waals surface area contributed by atoms with Gasteiger partial charge >= 0.3 is 6.03 Å². The van der Waals surface area contributed by atoms with Crippen molar-refractivity contribution in [2.45, 2.75) is 51.7 Å². The van der Waals surface area contributed by atoms with Crippen molar-refractivity contribution in [3.05, 3.63) is 35.9 Å². The number of imide groups is 1. The highest BCUT2D eigenvalue weighted by Crippen LogP contribution is 2.46. The lowest BCUT2D eigenvalue weighted by Crippen LogP contribution is -2.54. The van der Waals surface area contributed by atoms with Crippen LogP contribution in [0.4, 0.5) is 4.79 Å². The minimum atomic E-state index is -0.870. The standard InChI is InChI=1S/C19H26N2O3/c1-13-9-18(2,3)12-19(10-13)16(23)21(17(24)20-19)11-15(22)14-7-5-4-6-8-14/h4-8,13,15,22H,9-12H2,1-3H3,(H,20,24)/t13-,15+,19-/m1/s1. The molecule has 1 saturated carbocycles. The van der Waals surface area contributed by atoms with Gasteiger partial charge in [-0.15, -0.1) is 0 Å². The predicted molar refractivity (Wildman–Crippen MR) is 91.2 cm³/mol. The summed E-state index contributed by atoms with van der Waals surface area (Å²) in [4.78, 5) is 26.6. The van der Waals surface area contributed by atoms with Gasteiger partial charge in [-0.25, -0.2) is 4.79 Å². The minimum Gasteiger partial charge on any atom is -0.387 e. The Balaban J connectivity index is 1.79. The van der Waals surface area contributed by atoms with E-state index in [0.29, 0.717) is 24.3 Å². The molecule has 0 unspecified atom stereocenters. The fourth-order valence-electron chi connectivity index (χ4n) is 4.63. The Bertz CT molecular complexity index is 643. The van der Waals surface area contributed by atoms with Crippen molar-refractivity contribution in [3.63, 3.8) is 0 Å². The summed E-state index contributed by atoms with van der Waals surface area (Å²) in [6.45, 7) is 6.41. The molecule has 2 fully saturated rings. The van der Waals surface area contributed by atoms with E-state index in [2.05, 4.69) is 26.1 Å². The second kappa shape index (κ2) is 5.88. The van der Waals surface area contributed by atoms with Gasteiger partial charge in [0.05, 0.1) is 12.6 Å². The van der Waals surface area contributed by atoms with Gasteiger partial charge in [0, 0.05) is 0 Å². The van der Waals surface area contributed by atoms with E-state index in [1.807, 2.05) is 18.2 Å². The summed E-state index contributed by atoms with van der Waals surface area (Å²) < 4.78 is 0. The molecule has 2 aliphatic rings. The number of urea groups is 1. The SMILES string of the molecule is C[C@@H]1CC(C)(C)C[C@@]2(C1)NC(=O)N(C[C@H](O)c1ccccc1)C2=O. The van der Waals surface area contributed by atoms with Gasteiger partial charge in [0.2, 0.25) is 0 Å². The Morgan fingerprint density at radius 1 is 1.25 bits per heavy atom. The highest BCUT2D eigenvalue weighted by molar-refractivity contribution is 6.07. The number of β-amino-alcohol motifs (C(OH)–C–C–N with tert-alkyl or cyclic N) is 1. The van der Waals surface area contributed by atoms with Gasteiger partial charge in [-0.3, -0.25) is 9.69 Å². The van der Waals surface area contributed by atoms with Crippen LogP contribution in [0.5, 0.6) is 0 Å². The first-order valence-electron chi connectivity index (χ1n) is 8.60.